The highest BCUT2D eigenvalue weighted by molar-refractivity contribution is 5.95. The van der Waals surface area contributed by atoms with Crippen LogP contribution in [0, 0.1) is 0 Å². The maximum atomic E-state index is 11.4. The first-order chi connectivity index (χ1) is 7.50. The van der Waals surface area contributed by atoms with Gasteiger partial charge in [0, 0.05) is 7.05 Å². The van der Waals surface area contributed by atoms with Crippen LogP contribution in [-0.2, 0) is 16.1 Å². The number of carboxylic acids is 1. The second-order valence-electron chi connectivity index (χ2n) is 3.11. The van der Waals surface area contributed by atoms with Crippen LogP contribution in [0.4, 0.5) is 0 Å². The molecule has 0 unspecified atom stereocenters. The van der Waals surface area contributed by atoms with Gasteiger partial charge in [-0.3, -0.25) is 4.79 Å². The standard InChI is InChI=1S/C10H11NO5/c1-11(6-7-3-2-4-16-7)9(13)5-8(12)10(14)15/h2-5,12H,6H2,1H3,(H,14,15)/b8-5-. The lowest BCUT2D eigenvalue weighted by Gasteiger charge is -2.12. The molecular weight excluding hydrogens is 214 g/mol. The highest BCUT2D eigenvalue weighted by atomic mass is 16.4. The van der Waals surface area contributed by atoms with E-state index in [1.54, 1.807) is 12.1 Å². The van der Waals surface area contributed by atoms with Crippen LogP contribution in [0.3, 0.4) is 0 Å². The molecule has 0 aliphatic heterocycles. The minimum atomic E-state index is -1.54. The van der Waals surface area contributed by atoms with Gasteiger partial charge in [0.25, 0.3) is 5.91 Å². The van der Waals surface area contributed by atoms with Crippen LogP contribution in [0.5, 0.6) is 0 Å². The van der Waals surface area contributed by atoms with Crippen molar-refractivity contribution >= 4 is 11.9 Å². The molecule has 0 aliphatic rings. The summed E-state index contributed by atoms with van der Waals surface area (Å²) in [5, 5.41) is 17.2. The fourth-order valence-electron chi connectivity index (χ4n) is 1.00. The van der Waals surface area contributed by atoms with Crippen molar-refractivity contribution in [2.45, 2.75) is 6.54 Å². The quantitative estimate of drug-likeness (QED) is 0.583. The van der Waals surface area contributed by atoms with E-state index in [9.17, 15) is 9.59 Å². The number of amides is 1. The summed E-state index contributed by atoms with van der Waals surface area (Å²) in [5.74, 6) is -2.58. The molecule has 6 heteroatoms. The third kappa shape index (κ3) is 3.16. The number of aliphatic hydroxyl groups excluding tert-OH is 1. The fourth-order valence-corrected chi connectivity index (χ4v) is 1.00. The van der Waals surface area contributed by atoms with Crippen LogP contribution in [0.1, 0.15) is 5.76 Å². The minimum Gasteiger partial charge on any atom is -0.502 e. The number of aliphatic hydroxyl groups is 1. The molecule has 0 radical (unpaired) electrons. The van der Waals surface area contributed by atoms with Gasteiger partial charge in [0.05, 0.1) is 18.9 Å². The second kappa shape index (κ2) is 5.01. The normalized spacial score (nSPS) is 11.2. The Balaban J connectivity index is 2.61. The van der Waals surface area contributed by atoms with Crippen molar-refractivity contribution in [1.82, 2.24) is 4.90 Å². The highest BCUT2D eigenvalue weighted by Gasteiger charge is 2.12. The molecule has 16 heavy (non-hydrogen) atoms. The molecule has 0 aromatic carbocycles. The van der Waals surface area contributed by atoms with Gasteiger partial charge in [-0.15, -0.1) is 0 Å². The van der Waals surface area contributed by atoms with Gasteiger partial charge >= 0.3 is 5.97 Å². The number of rotatable bonds is 4. The summed E-state index contributed by atoms with van der Waals surface area (Å²) in [6.07, 6.45) is 2.11. The zero-order valence-corrected chi connectivity index (χ0v) is 8.58. The van der Waals surface area contributed by atoms with Crippen molar-refractivity contribution in [3.05, 3.63) is 36.0 Å². The van der Waals surface area contributed by atoms with Crippen molar-refractivity contribution in [3.8, 4) is 0 Å². The number of hydrogen-bond donors (Lipinski definition) is 2. The summed E-state index contributed by atoms with van der Waals surface area (Å²) < 4.78 is 5.01. The van der Waals surface area contributed by atoms with E-state index in [1.807, 2.05) is 0 Å². The molecule has 1 aromatic heterocycles. The number of carboxylic acid groups (broad SMARTS) is 1. The Bertz CT molecular complexity index is 407. The smallest absolute Gasteiger partial charge is 0.371 e. The van der Waals surface area contributed by atoms with E-state index in [0.717, 1.165) is 0 Å². The molecule has 6 nitrogen and oxygen atoms in total. The number of nitrogens with zero attached hydrogens (tertiary/aromatic N) is 1. The van der Waals surface area contributed by atoms with E-state index in [4.69, 9.17) is 14.6 Å². The van der Waals surface area contributed by atoms with Gasteiger partial charge in [0.2, 0.25) is 5.76 Å². The van der Waals surface area contributed by atoms with Gasteiger partial charge in [-0.2, -0.15) is 0 Å². The molecule has 0 atom stereocenters. The van der Waals surface area contributed by atoms with Crippen LogP contribution in [0.15, 0.2) is 34.6 Å². The Morgan fingerprint density at radius 1 is 1.50 bits per heavy atom. The molecule has 2 N–H and O–H groups in total. The number of carbonyl (C=O) groups is 2. The molecule has 0 fully saturated rings. The van der Waals surface area contributed by atoms with Gasteiger partial charge in [0.15, 0.2) is 0 Å². The molecule has 0 saturated carbocycles. The molecular formula is C10H11NO5. The summed E-state index contributed by atoms with van der Waals surface area (Å²) >= 11 is 0. The third-order valence-corrected chi connectivity index (χ3v) is 1.83. The summed E-state index contributed by atoms with van der Waals surface area (Å²) in [5.41, 5.74) is 0. The Kier molecular flexibility index (Phi) is 3.71. The van der Waals surface area contributed by atoms with Crippen molar-refractivity contribution in [3.63, 3.8) is 0 Å². The number of hydrogen-bond acceptors (Lipinski definition) is 4. The maximum absolute atomic E-state index is 11.4. The zero-order chi connectivity index (χ0) is 12.1. The fraction of sp³-hybridized carbons (Fsp3) is 0.200. The van der Waals surface area contributed by atoms with Gasteiger partial charge in [0.1, 0.15) is 5.76 Å². The topological polar surface area (TPSA) is 91.0 Å². The van der Waals surface area contributed by atoms with Crippen LogP contribution >= 0.6 is 0 Å². The lowest BCUT2D eigenvalue weighted by molar-refractivity contribution is -0.136. The summed E-state index contributed by atoms with van der Waals surface area (Å²) in [6, 6.07) is 3.36. The van der Waals surface area contributed by atoms with Crippen LogP contribution in [-0.4, -0.2) is 34.0 Å². The Morgan fingerprint density at radius 2 is 2.19 bits per heavy atom. The summed E-state index contributed by atoms with van der Waals surface area (Å²) in [4.78, 5) is 22.9. The zero-order valence-electron chi connectivity index (χ0n) is 8.58. The lowest BCUT2D eigenvalue weighted by Crippen LogP contribution is -2.25. The predicted octanol–water partition coefficient (Wildman–Crippen LogP) is 0.764. The van der Waals surface area contributed by atoms with Gasteiger partial charge in [-0.05, 0) is 12.1 Å². The van der Waals surface area contributed by atoms with Crippen molar-refractivity contribution in [2.75, 3.05) is 7.05 Å². The van der Waals surface area contributed by atoms with E-state index in [2.05, 4.69) is 0 Å². The minimum absolute atomic E-state index is 0.204. The second-order valence-corrected chi connectivity index (χ2v) is 3.11. The molecule has 1 aromatic rings. The Morgan fingerprint density at radius 3 is 2.69 bits per heavy atom. The molecule has 86 valence electrons. The molecule has 1 amide bonds. The Hall–Kier alpha value is -2.24. The monoisotopic (exact) mass is 225 g/mol. The molecule has 0 saturated heterocycles. The van der Waals surface area contributed by atoms with Crippen molar-refractivity contribution < 1.29 is 24.2 Å². The number of likely N-dealkylation sites (N-methyl/N-ethyl adjacent to an activating group) is 1. The van der Waals surface area contributed by atoms with Crippen LogP contribution < -0.4 is 0 Å². The largest absolute Gasteiger partial charge is 0.502 e. The van der Waals surface area contributed by atoms with Gasteiger partial charge in [-0.1, -0.05) is 0 Å². The summed E-state index contributed by atoms with van der Waals surface area (Å²) in [7, 11) is 1.47. The average Bonchev–Trinajstić information content (AvgIpc) is 2.69. The number of carbonyl (C=O) groups excluding carboxylic acids is 1. The molecule has 0 aliphatic carbocycles. The molecule has 0 bridgehead atoms. The van der Waals surface area contributed by atoms with E-state index in [0.29, 0.717) is 11.8 Å². The molecule has 1 heterocycles. The lowest BCUT2D eigenvalue weighted by atomic mass is 10.3. The van der Waals surface area contributed by atoms with Crippen LogP contribution in [0.2, 0.25) is 0 Å². The third-order valence-electron chi connectivity index (χ3n) is 1.83. The van der Waals surface area contributed by atoms with Crippen molar-refractivity contribution in [2.24, 2.45) is 0 Å². The van der Waals surface area contributed by atoms with Crippen LogP contribution in [0.25, 0.3) is 0 Å². The van der Waals surface area contributed by atoms with Gasteiger partial charge in [-0.25, -0.2) is 4.79 Å². The first-order valence-corrected chi connectivity index (χ1v) is 4.42. The average molecular weight is 225 g/mol. The SMILES string of the molecule is CN(Cc1ccco1)C(=O)/C=C(\O)C(=O)O. The predicted molar refractivity (Wildman–Crippen MR) is 53.5 cm³/mol. The Labute approximate surface area is 91.4 Å². The van der Waals surface area contributed by atoms with Gasteiger partial charge < -0.3 is 19.5 Å². The first kappa shape index (κ1) is 11.8. The highest BCUT2D eigenvalue weighted by Crippen LogP contribution is 2.04. The molecule has 0 spiro atoms. The van der Waals surface area contributed by atoms with E-state index >= 15 is 0 Å². The van der Waals surface area contributed by atoms with E-state index in [1.165, 1.54) is 18.2 Å². The summed E-state index contributed by atoms with van der Waals surface area (Å²) in [6.45, 7) is 0.204. The number of furan rings is 1. The molecule has 1 rings (SSSR count). The van der Waals surface area contributed by atoms with E-state index < -0.39 is 17.6 Å². The maximum Gasteiger partial charge on any atom is 0.371 e. The first-order valence-electron chi connectivity index (χ1n) is 4.42. The van der Waals surface area contributed by atoms with Crippen molar-refractivity contribution in [1.29, 1.82) is 0 Å². The van der Waals surface area contributed by atoms with E-state index in [-0.39, 0.29) is 6.54 Å². The number of aliphatic carboxylic acids is 1.